The van der Waals surface area contributed by atoms with Gasteiger partial charge in [-0.1, -0.05) is 30.4 Å². The van der Waals surface area contributed by atoms with E-state index in [2.05, 4.69) is 4.98 Å². The molecule has 0 unspecified atom stereocenters. The number of aromatic nitrogens is 1. The molecule has 1 heterocycles. The fourth-order valence-corrected chi connectivity index (χ4v) is 4.38. The lowest BCUT2D eigenvalue weighted by atomic mass is 10.1. The van der Waals surface area contributed by atoms with Crippen molar-refractivity contribution in [2.24, 2.45) is 5.73 Å². The van der Waals surface area contributed by atoms with Crippen LogP contribution in [0.25, 0.3) is 12.2 Å². The van der Waals surface area contributed by atoms with Crippen LogP contribution in [0.3, 0.4) is 0 Å². The topological polar surface area (TPSA) is 85.5 Å². The van der Waals surface area contributed by atoms with Gasteiger partial charge in [0.15, 0.2) is 0 Å². The number of rotatable bonds is 8. The second-order valence-electron chi connectivity index (χ2n) is 6.21. The third-order valence-electron chi connectivity index (χ3n) is 4.35. The van der Waals surface area contributed by atoms with Crippen LogP contribution >= 0.6 is 12.4 Å². The second-order valence-corrected chi connectivity index (χ2v) is 8.08. The molecule has 0 saturated carbocycles. The average molecular weight is 446 g/mol. The number of pyridine rings is 1. The fraction of sp³-hybridized carbons (Fsp3) is 0.136. The number of ether oxygens (including phenoxy) is 1. The van der Waals surface area contributed by atoms with E-state index in [0.717, 1.165) is 11.1 Å². The summed E-state index contributed by atoms with van der Waals surface area (Å²) in [6.45, 7) is 0.353. The van der Waals surface area contributed by atoms with Gasteiger partial charge in [0.1, 0.15) is 5.75 Å². The third-order valence-corrected chi connectivity index (χ3v) is 6.17. The molecule has 30 heavy (non-hydrogen) atoms. The summed E-state index contributed by atoms with van der Waals surface area (Å²) in [5.41, 5.74) is 8.06. The van der Waals surface area contributed by atoms with E-state index in [0.29, 0.717) is 11.4 Å². The van der Waals surface area contributed by atoms with Gasteiger partial charge in [-0.3, -0.25) is 9.29 Å². The van der Waals surface area contributed by atoms with Crippen LogP contribution in [0, 0.1) is 0 Å². The number of nitrogens with two attached hydrogens (primary N) is 1. The lowest BCUT2D eigenvalue weighted by Crippen LogP contribution is -2.35. The van der Waals surface area contributed by atoms with Crippen LogP contribution in [0.4, 0.5) is 5.69 Å². The van der Waals surface area contributed by atoms with E-state index in [-0.39, 0.29) is 30.4 Å². The smallest absolute Gasteiger partial charge is 0.264 e. The molecule has 0 atom stereocenters. The molecule has 3 aromatic rings. The van der Waals surface area contributed by atoms with Gasteiger partial charge in [-0.05, 0) is 53.6 Å². The molecule has 8 heteroatoms. The number of hydrogen-bond donors (Lipinski definition) is 1. The van der Waals surface area contributed by atoms with Crippen LogP contribution in [0.5, 0.6) is 5.75 Å². The van der Waals surface area contributed by atoms with Gasteiger partial charge < -0.3 is 10.5 Å². The zero-order valence-electron chi connectivity index (χ0n) is 16.5. The van der Waals surface area contributed by atoms with Crippen molar-refractivity contribution in [3.8, 4) is 5.75 Å². The highest BCUT2D eigenvalue weighted by Gasteiger charge is 2.25. The summed E-state index contributed by atoms with van der Waals surface area (Å²) in [4.78, 5) is 4.18. The highest BCUT2D eigenvalue weighted by molar-refractivity contribution is 7.92. The zero-order valence-corrected chi connectivity index (χ0v) is 18.1. The minimum absolute atomic E-state index is 0. The van der Waals surface area contributed by atoms with Crippen molar-refractivity contribution in [3.63, 3.8) is 0 Å². The number of halogens is 1. The van der Waals surface area contributed by atoms with Gasteiger partial charge in [-0.2, -0.15) is 0 Å². The number of benzene rings is 2. The van der Waals surface area contributed by atoms with Gasteiger partial charge in [-0.15, -0.1) is 12.4 Å². The molecular formula is C22H24ClN3O3S. The summed E-state index contributed by atoms with van der Waals surface area (Å²) in [5.74, 6) is 0.593. The Labute approximate surface area is 183 Å². The predicted octanol–water partition coefficient (Wildman–Crippen LogP) is 3.84. The monoisotopic (exact) mass is 445 g/mol. The van der Waals surface area contributed by atoms with E-state index in [1.165, 1.54) is 23.5 Å². The Kier molecular flexibility index (Phi) is 8.41. The maximum atomic E-state index is 13.3. The van der Waals surface area contributed by atoms with Gasteiger partial charge in [-0.25, -0.2) is 8.42 Å². The van der Waals surface area contributed by atoms with Crippen molar-refractivity contribution >= 4 is 40.3 Å². The normalized spacial score (nSPS) is 11.1. The maximum Gasteiger partial charge on any atom is 0.264 e. The van der Waals surface area contributed by atoms with Crippen LogP contribution in [0.1, 0.15) is 11.1 Å². The highest BCUT2D eigenvalue weighted by atomic mass is 35.5. The van der Waals surface area contributed by atoms with E-state index in [1.54, 1.807) is 30.6 Å². The van der Waals surface area contributed by atoms with Crippen LogP contribution < -0.4 is 14.8 Å². The van der Waals surface area contributed by atoms with Crippen molar-refractivity contribution < 1.29 is 13.2 Å². The SMILES string of the molecule is COc1ccc(S(=O)(=O)N(CCN)c2ccccc2C=Cc2ccncc2)cc1.Cl. The summed E-state index contributed by atoms with van der Waals surface area (Å²) in [5, 5.41) is 0. The molecule has 1 aromatic heterocycles. The summed E-state index contributed by atoms with van der Waals surface area (Å²) >= 11 is 0. The summed E-state index contributed by atoms with van der Waals surface area (Å²) in [6, 6.07) is 17.4. The number of sulfonamides is 1. The molecular weight excluding hydrogens is 422 g/mol. The van der Waals surface area contributed by atoms with Gasteiger partial charge in [0.25, 0.3) is 10.0 Å². The lowest BCUT2D eigenvalue weighted by Gasteiger charge is -2.25. The minimum Gasteiger partial charge on any atom is -0.497 e. The van der Waals surface area contributed by atoms with Crippen LogP contribution in [-0.4, -0.2) is 33.6 Å². The molecule has 158 valence electrons. The number of para-hydroxylation sites is 1. The van der Waals surface area contributed by atoms with E-state index in [9.17, 15) is 8.42 Å². The lowest BCUT2D eigenvalue weighted by molar-refractivity contribution is 0.414. The first-order chi connectivity index (χ1) is 14.1. The molecule has 0 saturated heterocycles. The van der Waals surface area contributed by atoms with Crippen LogP contribution in [0.15, 0.2) is 78.0 Å². The molecule has 0 bridgehead atoms. The van der Waals surface area contributed by atoms with Gasteiger partial charge in [0, 0.05) is 25.5 Å². The summed E-state index contributed by atoms with van der Waals surface area (Å²) < 4.78 is 33.2. The Balaban J connectivity index is 0.00000320. The second kappa shape index (κ2) is 10.8. The van der Waals surface area contributed by atoms with E-state index < -0.39 is 10.0 Å². The highest BCUT2D eigenvalue weighted by Crippen LogP contribution is 2.29. The van der Waals surface area contributed by atoms with Crippen LogP contribution in [-0.2, 0) is 10.0 Å². The van der Waals surface area contributed by atoms with Gasteiger partial charge in [0.05, 0.1) is 17.7 Å². The van der Waals surface area contributed by atoms with Crippen molar-refractivity contribution in [1.29, 1.82) is 0 Å². The minimum atomic E-state index is -3.79. The van der Waals surface area contributed by atoms with Gasteiger partial charge >= 0.3 is 0 Å². The molecule has 6 nitrogen and oxygen atoms in total. The Morgan fingerprint density at radius 3 is 2.30 bits per heavy atom. The first kappa shape index (κ1) is 23.4. The fourth-order valence-electron chi connectivity index (χ4n) is 2.88. The maximum absolute atomic E-state index is 13.3. The first-order valence-electron chi connectivity index (χ1n) is 9.10. The Hall–Kier alpha value is -2.87. The van der Waals surface area contributed by atoms with Gasteiger partial charge in [0.2, 0.25) is 0 Å². The van der Waals surface area contributed by atoms with Crippen molar-refractivity contribution in [2.45, 2.75) is 4.90 Å². The molecule has 0 aliphatic rings. The number of anilines is 1. The molecule has 0 spiro atoms. The van der Waals surface area contributed by atoms with E-state index >= 15 is 0 Å². The Morgan fingerprint density at radius 1 is 1.00 bits per heavy atom. The Morgan fingerprint density at radius 2 is 1.67 bits per heavy atom. The largest absolute Gasteiger partial charge is 0.497 e. The molecule has 0 fully saturated rings. The van der Waals surface area contributed by atoms with Crippen molar-refractivity contribution in [1.82, 2.24) is 4.98 Å². The molecule has 2 N–H and O–H groups in total. The molecule has 0 amide bonds. The molecule has 3 rings (SSSR count). The van der Waals surface area contributed by atoms with Crippen molar-refractivity contribution in [3.05, 3.63) is 84.2 Å². The molecule has 0 aliphatic carbocycles. The van der Waals surface area contributed by atoms with Crippen molar-refractivity contribution in [2.75, 3.05) is 24.5 Å². The molecule has 0 radical (unpaired) electrons. The predicted molar refractivity (Wildman–Crippen MR) is 123 cm³/mol. The quantitative estimate of drug-likeness (QED) is 0.569. The zero-order chi connectivity index (χ0) is 20.7. The number of nitrogens with zero attached hydrogens (tertiary/aromatic N) is 2. The standard InChI is InChI=1S/C22H23N3O3S.ClH/c1-28-20-8-10-21(11-9-20)29(26,27)25(17-14-23)22-5-3-2-4-19(22)7-6-18-12-15-24-16-13-18;/h2-13,15-16H,14,17,23H2,1H3;1H. The third kappa shape index (κ3) is 5.38. The van der Waals surface area contributed by atoms with E-state index in [1.807, 2.05) is 42.5 Å². The summed E-state index contributed by atoms with van der Waals surface area (Å²) in [7, 11) is -2.26. The number of hydrogen-bond acceptors (Lipinski definition) is 5. The van der Waals surface area contributed by atoms with Crippen LogP contribution in [0.2, 0.25) is 0 Å². The van der Waals surface area contributed by atoms with E-state index in [4.69, 9.17) is 10.5 Å². The molecule has 2 aromatic carbocycles. The number of methoxy groups -OCH3 is 1. The average Bonchev–Trinajstić information content (AvgIpc) is 2.77. The first-order valence-corrected chi connectivity index (χ1v) is 10.5. The summed E-state index contributed by atoms with van der Waals surface area (Å²) in [6.07, 6.45) is 7.22. The molecule has 0 aliphatic heterocycles. The Bertz CT molecular complexity index is 1070.